The molecule has 0 spiro atoms. The van der Waals surface area contributed by atoms with E-state index in [1.54, 1.807) is 35.2 Å². The summed E-state index contributed by atoms with van der Waals surface area (Å²) in [7, 11) is -2.45. The van der Waals surface area contributed by atoms with E-state index in [4.69, 9.17) is 0 Å². The van der Waals surface area contributed by atoms with Gasteiger partial charge in [0, 0.05) is 33.9 Å². The van der Waals surface area contributed by atoms with Gasteiger partial charge in [-0.05, 0) is 17.7 Å². The van der Waals surface area contributed by atoms with Crippen LogP contribution in [0, 0.1) is 0 Å². The van der Waals surface area contributed by atoms with Crippen LogP contribution in [-0.2, 0) is 28.2 Å². The average molecular weight is 435 g/mol. The van der Waals surface area contributed by atoms with Gasteiger partial charge in [0.2, 0.25) is 5.82 Å². The Kier molecular flexibility index (Phi) is 5.06. The molecule has 0 saturated carbocycles. The van der Waals surface area contributed by atoms with E-state index in [-0.39, 0.29) is 12.4 Å². The Hall–Kier alpha value is -3.21. The molecule has 0 amide bonds. The van der Waals surface area contributed by atoms with Crippen LogP contribution in [0.4, 0.5) is 13.2 Å². The van der Waals surface area contributed by atoms with Crippen molar-refractivity contribution < 1.29 is 21.9 Å². The Morgan fingerprint density at radius 1 is 1.10 bits per heavy atom. The second-order valence-corrected chi connectivity index (χ2v) is 9.18. The van der Waals surface area contributed by atoms with Gasteiger partial charge in [0.05, 0.1) is 18.0 Å². The first-order valence-corrected chi connectivity index (χ1v) is 10.9. The van der Waals surface area contributed by atoms with Crippen LogP contribution in [0.5, 0.6) is 0 Å². The molecule has 0 aliphatic rings. The molecule has 0 N–H and O–H groups in total. The van der Waals surface area contributed by atoms with E-state index in [2.05, 4.69) is 24.0 Å². The van der Waals surface area contributed by atoms with Crippen LogP contribution in [0.2, 0.25) is 0 Å². The molecule has 1 unspecified atom stereocenters. The first-order valence-electron chi connectivity index (χ1n) is 8.78. The topological polar surface area (TPSA) is 85.7 Å². The minimum Gasteiger partial charge on any atom is -0.329 e. The van der Waals surface area contributed by atoms with Gasteiger partial charge in [-0.3, -0.25) is 0 Å². The third-order valence-electron chi connectivity index (χ3n) is 4.20. The lowest BCUT2D eigenvalue weighted by atomic mass is 10.2. The number of hydrogen-bond acceptors (Lipinski definition) is 6. The first kappa shape index (κ1) is 20.1. The van der Waals surface area contributed by atoms with Crippen LogP contribution in [-0.4, -0.2) is 30.0 Å². The van der Waals surface area contributed by atoms with Crippen molar-refractivity contribution in [1.82, 2.24) is 19.5 Å². The van der Waals surface area contributed by atoms with Gasteiger partial charge in [-0.25, -0.2) is 13.6 Å². The molecule has 0 bridgehead atoms. The molecule has 0 fully saturated rings. The Labute approximate surface area is 169 Å². The molecule has 156 valence electrons. The molecular weight excluding hydrogens is 419 g/mol. The van der Waals surface area contributed by atoms with E-state index in [0.717, 1.165) is 5.56 Å². The van der Waals surface area contributed by atoms with E-state index in [0.29, 0.717) is 22.7 Å². The molecule has 0 aliphatic heterocycles. The van der Waals surface area contributed by atoms with Gasteiger partial charge in [0.1, 0.15) is 5.65 Å². The summed E-state index contributed by atoms with van der Waals surface area (Å²) in [5.74, 6) is -1.24. The minimum atomic E-state index is -4.70. The number of hydrogen-bond donors (Lipinski definition) is 0. The monoisotopic (exact) mass is 435 g/mol. The van der Waals surface area contributed by atoms with Crippen molar-refractivity contribution in [2.75, 3.05) is 6.26 Å². The van der Waals surface area contributed by atoms with Crippen molar-refractivity contribution in [3.05, 3.63) is 72.0 Å². The predicted octanol–water partition coefficient (Wildman–Crippen LogP) is 4.20. The van der Waals surface area contributed by atoms with E-state index in [1.165, 1.54) is 0 Å². The quantitative estimate of drug-likeness (QED) is 0.469. The fraction of sp³-hybridized carbons (Fsp3) is 0.211. The number of benzene rings is 1. The highest BCUT2D eigenvalue weighted by molar-refractivity contribution is 7.92. The Morgan fingerprint density at radius 2 is 1.87 bits per heavy atom. The normalized spacial score (nSPS) is 14.0. The van der Waals surface area contributed by atoms with Crippen molar-refractivity contribution in [2.45, 2.75) is 18.5 Å². The molecular formula is C19H16F3N5O2S. The molecule has 7 nitrogen and oxygen atoms in total. The maximum atomic E-state index is 12.7. The van der Waals surface area contributed by atoms with E-state index >= 15 is 0 Å². The molecule has 1 atom stereocenters. The van der Waals surface area contributed by atoms with Crippen LogP contribution in [0.3, 0.4) is 0 Å². The number of fused-ring (bicyclic) bond motifs is 1. The van der Waals surface area contributed by atoms with Crippen LogP contribution < -0.4 is 0 Å². The Morgan fingerprint density at radius 3 is 2.57 bits per heavy atom. The third kappa shape index (κ3) is 4.51. The zero-order chi connectivity index (χ0) is 21.4. The summed E-state index contributed by atoms with van der Waals surface area (Å²) in [5, 5.41) is 3.38. The molecule has 0 radical (unpaired) electrons. The highest BCUT2D eigenvalue weighted by atomic mass is 32.2. The van der Waals surface area contributed by atoms with Crippen molar-refractivity contribution >= 4 is 15.4 Å². The average Bonchev–Trinajstić information content (AvgIpc) is 3.33. The number of alkyl halides is 3. The number of halogens is 3. The standard InChI is InChI=1S/C19H16F3N5O2S/c1-30(28,12-13-5-3-2-4-6-13)23-9-15-11-27-10-14(7-8-16(27)24-15)17-25-18(29-26-17)19(20,21)22/h2-8,10-11H,9,12H2,1H3. The fourth-order valence-corrected chi connectivity index (χ4v) is 4.15. The summed E-state index contributed by atoms with van der Waals surface area (Å²) in [6, 6.07) is 12.6. The molecule has 30 heavy (non-hydrogen) atoms. The molecule has 1 aromatic carbocycles. The molecule has 0 aliphatic carbocycles. The highest BCUT2D eigenvalue weighted by Crippen LogP contribution is 2.29. The first-order chi connectivity index (χ1) is 14.2. The number of pyridine rings is 1. The van der Waals surface area contributed by atoms with Gasteiger partial charge in [0.25, 0.3) is 0 Å². The van der Waals surface area contributed by atoms with Crippen LogP contribution >= 0.6 is 0 Å². The fourth-order valence-electron chi connectivity index (χ4n) is 2.84. The number of rotatable bonds is 5. The summed E-state index contributed by atoms with van der Waals surface area (Å²) in [4.78, 5) is 7.78. The maximum Gasteiger partial charge on any atom is 0.471 e. The predicted molar refractivity (Wildman–Crippen MR) is 104 cm³/mol. The lowest BCUT2D eigenvalue weighted by Gasteiger charge is -2.03. The van der Waals surface area contributed by atoms with Gasteiger partial charge >= 0.3 is 12.1 Å². The van der Waals surface area contributed by atoms with Gasteiger partial charge in [-0.15, -0.1) is 0 Å². The van der Waals surface area contributed by atoms with Crippen molar-refractivity contribution in [2.24, 2.45) is 4.36 Å². The smallest absolute Gasteiger partial charge is 0.329 e. The minimum absolute atomic E-state index is 0.152. The van der Waals surface area contributed by atoms with Crippen LogP contribution in [0.25, 0.3) is 17.0 Å². The largest absolute Gasteiger partial charge is 0.471 e. The van der Waals surface area contributed by atoms with E-state index in [1.807, 2.05) is 30.3 Å². The van der Waals surface area contributed by atoms with Crippen LogP contribution in [0.1, 0.15) is 17.1 Å². The maximum absolute atomic E-state index is 12.7. The third-order valence-corrected chi connectivity index (χ3v) is 5.75. The summed E-state index contributed by atoms with van der Waals surface area (Å²) in [6.07, 6.45) is 0.115. The molecule has 4 rings (SSSR count). The molecule has 11 heteroatoms. The summed E-state index contributed by atoms with van der Waals surface area (Å²) in [6.45, 7) is 0.152. The molecule has 4 aromatic rings. The molecule has 0 saturated heterocycles. The lowest BCUT2D eigenvalue weighted by molar-refractivity contribution is -0.159. The van der Waals surface area contributed by atoms with Gasteiger partial charge < -0.3 is 8.92 Å². The van der Waals surface area contributed by atoms with Gasteiger partial charge in [-0.1, -0.05) is 35.5 Å². The number of aromatic nitrogens is 4. The highest BCUT2D eigenvalue weighted by Gasteiger charge is 2.38. The second-order valence-electron chi connectivity index (χ2n) is 6.71. The van der Waals surface area contributed by atoms with Crippen molar-refractivity contribution in [3.63, 3.8) is 0 Å². The lowest BCUT2D eigenvalue weighted by Crippen LogP contribution is -2.04. The molecule has 3 heterocycles. The van der Waals surface area contributed by atoms with Crippen LogP contribution in [0.15, 0.2) is 63.7 Å². The van der Waals surface area contributed by atoms with Crippen molar-refractivity contribution in [3.8, 4) is 11.4 Å². The number of imidazole rings is 1. The SMILES string of the molecule is CS(=O)(Cc1ccccc1)=NCc1cn2cc(-c3noc(C(F)(F)F)n3)ccc2n1. The number of nitrogens with zero attached hydrogens (tertiary/aromatic N) is 5. The summed E-state index contributed by atoms with van der Waals surface area (Å²) in [5.41, 5.74) is 2.42. The van der Waals surface area contributed by atoms with Gasteiger partial charge in [0.15, 0.2) is 0 Å². The van der Waals surface area contributed by atoms with E-state index < -0.39 is 21.8 Å². The second kappa shape index (κ2) is 7.56. The molecule has 3 aromatic heterocycles. The summed E-state index contributed by atoms with van der Waals surface area (Å²) >= 11 is 0. The Balaban J connectivity index is 1.55. The zero-order valence-corrected chi connectivity index (χ0v) is 16.5. The zero-order valence-electron chi connectivity index (χ0n) is 15.7. The van der Waals surface area contributed by atoms with Crippen molar-refractivity contribution in [1.29, 1.82) is 0 Å². The van der Waals surface area contributed by atoms with E-state index in [9.17, 15) is 17.4 Å². The Bertz CT molecular complexity index is 1300. The summed E-state index contributed by atoms with van der Waals surface area (Å²) < 4.78 is 60.9. The van der Waals surface area contributed by atoms with Gasteiger partial charge in [-0.2, -0.15) is 18.2 Å².